The zero-order valence-corrected chi connectivity index (χ0v) is 9.88. The first-order valence-electron chi connectivity index (χ1n) is 5.37. The standard InChI is InChI=1S/C11H25NO2/c1-9(2)5-10(14)6-12-7-11(3,4)8-13/h9-10,12-14H,5-8H2,1-4H3. The molecule has 0 radical (unpaired) electrons. The Kier molecular flexibility index (Phi) is 6.33. The average molecular weight is 203 g/mol. The van der Waals surface area contributed by atoms with E-state index in [1.54, 1.807) is 0 Å². The van der Waals surface area contributed by atoms with Gasteiger partial charge in [-0.05, 0) is 12.3 Å². The topological polar surface area (TPSA) is 52.5 Å². The van der Waals surface area contributed by atoms with Crippen molar-refractivity contribution in [2.24, 2.45) is 11.3 Å². The van der Waals surface area contributed by atoms with Gasteiger partial charge in [-0.3, -0.25) is 0 Å². The lowest BCUT2D eigenvalue weighted by atomic mass is 9.95. The van der Waals surface area contributed by atoms with Crippen molar-refractivity contribution in [2.45, 2.75) is 40.2 Å². The third-order valence-electron chi connectivity index (χ3n) is 2.16. The Bertz CT molecular complexity index is 146. The summed E-state index contributed by atoms with van der Waals surface area (Å²) in [6.07, 6.45) is 0.552. The van der Waals surface area contributed by atoms with Crippen molar-refractivity contribution in [3.8, 4) is 0 Å². The molecule has 0 aromatic rings. The lowest BCUT2D eigenvalue weighted by Crippen LogP contribution is -2.36. The Morgan fingerprint density at radius 1 is 1.29 bits per heavy atom. The van der Waals surface area contributed by atoms with Crippen LogP contribution in [0.4, 0.5) is 0 Å². The summed E-state index contributed by atoms with van der Waals surface area (Å²) in [5.74, 6) is 0.526. The second-order valence-corrected chi connectivity index (χ2v) is 5.24. The van der Waals surface area contributed by atoms with E-state index in [9.17, 15) is 5.11 Å². The lowest BCUT2D eigenvalue weighted by molar-refractivity contribution is 0.126. The van der Waals surface area contributed by atoms with E-state index < -0.39 is 0 Å². The van der Waals surface area contributed by atoms with Gasteiger partial charge in [0.25, 0.3) is 0 Å². The van der Waals surface area contributed by atoms with Gasteiger partial charge in [0.1, 0.15) is 0 Å². The zero-order chi connectivity index (χ0) is 11.2. The van der Waals surface area contributed by atoms with Gasteiger partial charge < -0.3 is 15.5 Å². The highest BCUT2D eigenvalue weighted by molar-refractivity contribution is 4.71. The average Bonchev–Trinajstić information content (AvgIpc) is 2.02. The highest BCUT2D eigenvalue weighted by Crippen LogP contribution is 2.11. The first-order valence-corrected chi connectivity index (χ1v) is 5.37. The number of aliphatic hydroxyl groups is 2. The van der Waals surface area contributed by atoms with E-state index in [1.807, 2.05) is 13.8 Å². The van der Waals surface area contributed by atoms with E-state index in [1.165, 1.54) is 0 Å². The molecule has 1 atom stereocenters. The smallest absolute Gasteiger partial charge is 0.0667 e. The summed E-state index contributed by atoms with van der Waals surface area (Å²) in [4.78, 5) is 0. The second-order valence-electron chi connectivity index (χ2n) is 5.24. The van der Waals surface area contributed by atoms with E-state index in [2.05, 4.69) is 19.2 Å². The third kappa shape index (κ3) is 7.30. The van der Waals surface area contributed by atoms with Crippen molar-refractivity contribution >= 4 is 0 Å². The minimum Gasteiger partial charge on any atom is -0.396 e. The Morgan fingerprint density at radius 2 is 1.86 bits per heavy atom. The molecule has 86 valence electrons. The van der Waals surface area contributed by atoms with E-state index in [0.717, 1.165) is 13.0 Å². The molecular formula is C11H25NO2. The van der Waals surface area contributed by atoms with Crippen LogP contribution in [0.25, 0.3) is 0 Å². The molecule has 0 rings (SSSR count). The molecule has 0 amide bonds. The fourth-order valence-electron chi connectivity index (χ4n) is 1.26. The van der Waals surface area contributed by atoms with Gasteiger partial charge in [0.15, 0.2) is 0 Å². The largest absolute Gasteiger partial charge is 0.396 e. The third-order valence-corrected chi connectivity index (χ3v) is 2.16. The van der Waals surface area contributed by atoms with Crippen LogP contribution in [-0.2, 0) is 0 Å². The minimum atomic E-state index is -0.274. The van der Waals surface area contributed by atoms with Crippen molar-refractivity contribution in [1.82, 2.24) is 5.32 Å². The minimum absolute atomic E-state index is 0.0997. The van der Waals surface area contributed by atoms with E-state index >= 15 is 0 Å². The predicted molar refractivity (Wildman–Crippen MR) is 59.2 cm³/mol. The number of rotatable bonds is 7. The van der Waals surface area contributed by atoms with Gasteiger partial charge in [0.2, 0.25) is 0 Å². The molecule has 0 fully saturated rings. The highest BCUT2D eigenvalue weighted by Gasteiger charge is 2.16. The molecule has 0 bridgehead atoms. The first-order chi connectivity index (χ1) is 6.37. The zero-order valence-electron chi connectivity index (χ0n) is 9.88. The molecule has 3 nitrogen and oxygen atoms in total. The van der Waals surface area contributed by atoms with E-state index in [-0.39, 0.29) is 18.1 Å². The number of hydrogen-bond donors (Lipinski definition) is 3. The quantitative estimate of drug-likeness (QED) is 0.578. The van der Waals surface area contributed by atoms with Crippen LogP contribution in [0.2, 0.25) is 0 Å². The van der Waals surface area contributed by atoms with Gasteiger partial charge in [0, 0.05) is 25.1 Å². The number of nitrogens with one attached hydrogen (secondary N) is 1. The molecule has 0 saturated heterocycles. The molecule has 3 heteroatoms. The molecule has 1 unspecified atom stereocenters. The maximum atomic E-state index is 9.56. The summed E-state index contributed by atoms with van der Waals surface area (Å²) in [6.45, 7) is 9.70. The Balaban J connectivity index is 3.53. The number of aliphatic hydroxyl groups excluding tert-OH is 2. The molecule has 0 aliphatic rings. The maximum absolute atomic E-state index is 9.56. The fraction of sp³-hybridized carbons (Fsp3) is 1.00. The van der Waals surface area contributed by atoms with E-state index in [4.69, 9.17) is 5.11 Å². The van der Waals surface area contributed by atoms with Crippen molar-refractivity contribution in [2.75, 3.05) is 19.7 Å². The molecule has 0 aromatic carbocycles. The molecule has 0 spiro atoms. The molecule has 0 aliphatic carbocycles. The van der Waals surface area contributed by atoms with Gasteiger partial charge in [-0.2, -0.15) is 0 Å². The molecule has 0 saturated carbocycles. The van der Waals surface area contributed by atoms with Crippen molar-refractivity contribution < 1.29 is 10.2 Å². The summed E-state index contributed by atoms with van der Waals surface area (Å²) >= 11 is 0. The summed E-state index contributed by atoms with van der Waals surface area (Å²) in [6, 6.07) is 0. The van der Waals surface area contributed by atoms with Crippen LogP contribution in [-0.4, -0.2) is 36.0 Å². The van der Waals surface area contributed by atoms with Crippen molar-refractivity contribution in [3.05, 3.63) is 0 Å². The predicted octanol–water partition coefficient (Wildman–Crippen LogP) is 1.00. The highest BCUT2D eigenvalue weighted by atomic mass is 16.3. The van der Waals surface area contributed by atoms with Gasteiger partial charge in [0.05, 0.1) is 6.10 Å². The van der Waals surface area contributed by atoms with Crippen LogP contribution in [0.15, 0.2) is 0 Å². The van der Waals surface area contributed by atoms with Crippen LogP contribution in [0.5, 0.6) is 0 Å². The first kappa shape index (κ1) is 13.9. The molecule has 0 heterocycles. The Labute approximate surface area is 87.5 Å². The second kappa shape index (κ2) is 6.38. The van der Waals surface area contributed by atoms with Crippen LogP contribution in [0.3, 0.4) is 0 Å². The molecular weight excluding hydrogens is 178 g/mol. The fourth-order valence-corrected chi connectivity index (χ4v) is 1.26. The van der Waals surface area contributed by atoms with Gasteiger partial charge in [-0.1, -0.05) is 27.7 Å². The Morgan fingerprint density at radius 3 is 2.29 bits per heavy atom. The van der Waals surface area contributed by atoms with E-state index in [0.29, 0.717) is 12.5 Å². The van der Waals surface area contributed by atoms with Crippen molar-refractivity contribution in [1.29, 1.82) is 0 Å². The SMILES string of the molecule is CC(C)CC(O)CNCC(C)(C)CO. The monoisotopic (exact) mass is 203 g/mol. The van der Waals surface area contributed by atoms with Gasteiger partial charge in [-0.15, -0.1) is 0 Å². The molecule has 3 N–H and O–H groups in total. The van der Waals surface area contributed by atoms with Crippen molar-refractivity contribution in [3.63, 3.8) is 0 Å². The van der Waals surface area contributed by atoms with Crippen LogP contribution in [0.1, 0.15) is 34.1 Å². The molecule has 14 heavy (non-hydrogen) atoms. The number of hydrogen-bond acceptors (Lipinski definition) is 3. The summed E-state index contributed by atoms with van der Waals surface area (Å²) in [7, 11) is 0. The molecule has 0 aliphatic heterocycles. The van der Waals surface area contributed by atoms with Crippen LogP contribution in [0, 0.1) is 11.3 Å². The Hall–Kier alpha value is -0.120. The lowest BCUT2D eigenvalue weighted by Gasteiger charge is -2.23. The van der Waals surface area contributed by atoms with Crippen LogP contribution < -0.4 is 5.32 Å². The van der Waals surface area contributed by atoms with Gasteiger partial charge >= 0.3 is 0 Å². The summed E-state index contributed by atoms with van der Waals surface area (Å²) in [5.41, 5.74) is -0.0997. The van der Waals surface area contributed by atoms with Gasteiger partial charge in [-0.25, -0.2) is 0 Å². The summed E-state index contributed by atoms with van der Waals surface area (Å²) in [5, 5.41) is 21.7. The normalized spacial score (nSPS) is 14.8. The maximum Gasteiger partial charge on any atom is 0.0667 e. The summed E-state index contributed by atoms with van der Waals surface area (Å²) < 4.78 is 0. The molecule has 0 aromatic heterocycles. The van der Waals surface area contributed by atoms with Crippen LogP contribution >= 0.6 is 0 Å².